The molecule has 0 bridgehead atoms. The van der Waals surface area contributed by atoms with E-state index < -0.39 is 0 Å². The predicted octanol–water partition coefficient (Wildman–Crippen LogP) is 3.57. The molecule has 2 aromatic carbocycles. The monoisotopic (exact) mass is 494 g/mol. The second-order valence-electron chi connectivity index (χ2n) is 5.32. The maximum Gasteiger partial charge on any atom is 0.186 e. The summed E-state index contributed by atoms with van der Waals surface area (Å²) < 4.78 is 12.3. The van der Waals surface area contributed by atoms with Gasteiger partial charge in [0.2, 0.25) is 0 Å². The number of hydrogen-bond acceptors (Lipinski definition) is 5. The van der Waals surface area contributed by atoms with Crippen molar-refractivity contribution in [1.29, 1.82) is 5.26 Å². The molecular formula is C19H19IN4O2S. The molecule has 6 nitrogen and oxygen atoms in total. The van der Waals surface area contributed by atoms with Crippen LogP contribution in [0.2, 0.25) is 0 Å². The SMILES string of the molecule is CCNC(=S)N/N=C\c1cc(I)c(OCc2ccccc2C#N)c(OC)c1. The third-order valence-electron chi connectivity index (χ3n) is 3.48. The zero-order chi connectivity index (χ0) is 19.6. The van der Waals surface area contributed by atoms with E-state index in [0.717, 1.165) is 21.2 Å². The van der Waals surface area contributed by atoms with Gasteiger partial charge in [0.1, 0.15) is 6.61 Å². The Balaban J connectivity index is 2.15. The lowest BCUT2D eigenvalue weighted by molar-refractivity contribution is 0.282. The first kappa shape index (κ1) is 20.9. The second-order valence-corrected chi connectivity index (χ2v) is 6.89. The first-order chi connectivity index (χ1) is 13.1. The van der Waals surface area contributed by atoms with Crippen LogP contribution < -0.4 is 20.2 Å². The van der Waals surface area contributed by atoms with Crippen molar-refractivity contribution in [2.45, 2.75) is 13.5 Å². The van der Waals surface area contributed by atoms with Crippen LogP contribution in [-0.4, -0.2) is 25.0 Å². The molecule has 0 saturated carbocycles. The molecule has 2 N–H and O–H groups in total. The summed E-state index contributed by atoms with van der Waals surface area (Å²) in [5.74, 6) is 1.21. The molecule has 0 atom stereocenters. The lowest BCUT2D eigenvalue weighted by Crippen LogP contribution is -2.31. The summed E-state index contributed by atoms with van der Waals surface area (Å²) in [6, 6.07) is 13.3. The molecule has 27 heavy (non-hydrogen) atoms. The van der Waals surface area contributed by atoms with Gasteiger partial charge in [-0.15, -0.1) is 0 Å². The molecule has 0 aliphatic carbocycles. The molecule has 2 rings (SSSR count). The Morgan fingerprint density at radius 1 is 1.37 bits per heavy atom. The average Bonchev–Trinajstić information content (AvgIpc) is 2.67. The molecule has 0 amide bonds. The lowest BCUT2D eigenvalue weighted by atomic mass is 10.1. The highest BCUT2D eigenvalue weighted by Gasteiger charge is 2.12. The quantitative estimate of drug-likeness (QED) is 0.265. The van der Waals surface area contributed by atoms with Crippen molar-refractivity contribution in [1.82, 2.24) is 10.7 Å². The molecular weight excluding hydrogens is 475 g/mol. The van der Waals surface area contributed by atoms with Gasteiger partial charge in [0, 0.05) is 12.1 Å². The molecule has 0 aliphatic rings. The molecule has 0 saturated heterocycles. The van der Waals surface area contributed by atoms with Gasteiger partial charge in [0.05, 0.1) is 28.5 Å². The first-order valence-electron chi connectivity index (χ1n) is 8.14. The number of thiocarbonyl (C=S) groups is 1. The summed E-state index contributed by atoms with van der Waals surface area (Å²) in [7, 11) is 1.58. The van der Waals surface area contributed by atoms with E-state index >= 15 is 0 Å². The van der Waals surface area contributed by atoms with Gasteiger partial charge < -0.3 is 14.8 Å². The fourth-order valence-corrected chi connectivity index (χ4v) is 3.20. The van der Waals surface area contributed by atoms with Gasteiger partial charge in [0.25, 0.3) is 0 Å². The molecule has 140 valence electrons. The van der Waals surface area contributed by atoms with Crippen molar-refractivity contribution >= 4 is 46.1 Å². The molecule has 0 spiro atoms. The number of rotatable bonds is 7. The van der Waals surface area contributed by atoms with Crippen LogP contribution in [0.25, 0.3) is 0 Å². The van der Waals surface area contributed by atoms with Crippen LogP contribution in [0.1, 0.15) is 23.6 Å². The predicted molar refractivity (Wildman–Crippen MR) is 118 cm³/mol. The van der Waals surface area contributed by atoms with Crippen LogP contribution in [0.3, 0.4) is 0 Å². The number of nitrogens with one attached hydrogen (secondary N) is 2. The van der Waals surface area contributed by atoms with Crippen molar-refractivity contribution in [2.24, 2.45) is 5.10 Å². The fourth-order valence-electron chi connectivity index (χ4n) is 2.23. The number of nitrogens with zero attached hydrogens (tertiary/aromatic N) is 2. The van der Waals surface area contributed by atoms with E-state index in [4.69, 9.17) is 21.7 Å². The van der Waals surface area contributed by atoms with Gasteiger partial charge in [-0.25, -0.2) is 0 Å². The van der Waals surface area contributed by atoms with E-state index in [-0.39, 0.29) is 6.61 Å². The Bertz CT molecular complexity index is 880. The number of benzene rings is 2. The van der Waals surface area contributed by atoms with Crippen LogP contribution in [0.15, 0.2) is 41.5 Å². The van der Waals surface area contributed by atoms with Gasteiger partial charge in [0.15, 0.2) is 16.6 Å². The summed E-state index contributed by atoms with van der Waals surface area (Å²) >= 11 is 7.24. The molecule has 0 unspecified atom stereocenters. The van der Waals surface area contributed by atoms with Crippen LogP contribution >= 0.6 is 34.8 Å². The molecule has 2 aromatic rings. The normalized spacial score (nSPS) is 10.3. The zero-order valence-corrected chi connectivity index (χ0v) is 17.9. The number of halogens is 1. The van der Waals surface area contributed by atoms with E-state index in [0.29, 0.717) is 22.2 Å². The number of methoxy groups -OCH3 is 1. The van der Waals surface area contributed by atoms with Crippen molar-refractivity contribution < 1.29 is 9.47 Å². The Kier molecular flexibility index (Phi) is 8.29. The summed E-state index contributed by atoms with van der Waals surface area (Å²) in [5, 5.41) is 16.7. The van der Waals surface area contributed by atoms with E-state index in [1.807, 2.05) is 37.3 Å². The topological polar surface area (TPSA) is 78.7 Å². The Morgan fingerprint density at radius 2 is 2.15 bits per heavy atom. The smallest absolute Gasteiger partial charge is 0.186 e. The third-order valence-corrected chi connectivity index (χ3v) is 4.52. The fraction of sp³-hybridized carbons (Fsp3) is 0.211. The third kappa shape index (κ3) is 6.08. The van der Waals surface area contributed by atoms with Crippen LogP contribution in [-0.2, 0) is 6.61 Å². The van der Waals surface area contributed by atoms with Crippen LogP contribution in [0.5, 0.6) is 11.5 Å². The summed E-state index contributed by atoms with van der Waals surface area (Å²) in [5.41, 5.74) is 5.01. The summed E-state index contributed by atoms with van der Waals surface area (Å²) in [6.07, 6.45) is 1.66. The Morgan fingerprint density at radius 3 is 2.85 bits per heavy atom. The summed E-state index contributed by atoms with van der Waals surface area (Å²) in [6.45, 7) is 2.97. The highest BCUT2D eigenvalue weighted by Crippen LogP contribution is 2.34. The number of ether oxygens (including phenoxy) is 2. The zero-order valence-electron chi connectivity index (χ0n) is 15.0. The number of nitriles is 1. The highest BCUT2D eigenvalue weighted by atomic mass is 127. The molecule has 0 aliphatic heterocycles. The molecule has 0 radical (unpaired) electrons. The lowest BCUT2D eigenvalue weighted by Gasteiger charge is -2.14. The van der Waals surface area contributed by atoms with Crippen molar-refractivity contribution in [3.05, 3.63) is 56.7 Å². The van der Waals surface area contributed by atoms with Crippen molar-refractivity contribution in [3.8, 4) is 17.6 Å². The largest absolute Gasteiger partial charge is 0.493 e. The van der Waals surface area contributed by atoms with E-state index in [9.17, 15) is 5.26 Å². The van der Waals surface area contributed by atoms with Gasteiger partial charge in [-0.05, 0) is 65.5 Å². The maximum absolute atomic E-state index is 9.20. The molecule has 0 fully saturated rings. The van der Waals surface area contributed by atoms with E-state index in [1.54, 1.807) is 19.4 Å². The van der Waals surface area contributed by atoms with Crippen molar-refractivity contribution in [3.63, 3.8) is 0 Å². The maximum atomic E-state index is 9.20. The van der Waals surface area contributed by atoms with E-state index in [2.05, 4.69) is 44.5 Å². The Labute approximate surface area is 177 Å². The van der Waals surface area contributed by atoms with E-state index in [1.165, 1.54) is 0 Å². The minimum absolute atomic E-state index is 0.280. The van der Waals surface area contributed by atoms with Crippen LogP contribution in [0.4, 0.5) is 0 Å². The molecule has 0 heterocycles. The van der Waals surface area contributed by atoms with Gasteiger partial charge in [-0.3, -0.25) is 5.43 Å². The summed E-state index contributed by atoms with van der Waals surface area (Å²) in [4.78, 5) is 0. The van der Waals surface area contributed by atoms with Gasteiger partial charge in [-0.2, -0.15) is 10.4 Å². The second kappa shape index (κ2) is 10.7. The minimum atomic E-state index is 0.280. The van der Waals surface area contributed by atoms with Gasteiger partial charge >= 0.3 is 0 Å². The van der Waals surface area contributed by atoms with Gasteiger partial charge in [-0.1, -0.05) is 18.2 Å². The molecule has 0 aromatic heterocycles. The average molecular weight is 494 g/mol. The number of hydrazone groups is 1. The minimum Gasteiger partial charge on any atom is -0.493 e. The van der Waals surface area contributed by atoms with Crippen LogP contribution in [0, 0.1) is 14.9 Å². The first-order valence-corrected chi connectivity index (χ1v) is 9.63. The highest BCUT2D eigenvalue weighted by molar-refractivity contribution is 14.1. The Hall–Kier alpha value is -2.38. The standard InChI is InChI=1S/C19H19IN4O2S/c1-3-22-19(27)24-23-11-13-8-16(20)18(17(9-13)25-2)26-12-15-7-5-4-6-14(15)10-21/h4-9,11H,3,12H2,1-2H3,(H2,22,24,27)/b23-11-. The van der Waals surface area contributed by atoms with Crippen molar-refractivity contribution in [2.75, 3.05) is 13.7 Å². The number of hydrogen-bond donors (Lipinski definition) is 2. The molecule has 8 heteroatoms.